The van der Waals surface area contributed by atoms with Crippen molar-refractivity contribution < 1.29 is 13.2 Å². The van der Waals surface area contributed by atoms with E-state index in [9.17, 15) is 8.42 Å². The summed E-state index contributed by atoms with van der Waals surface area (Å²) >= 11 is 0. The summed E-state index contributed by atoms with van der Waals surface area (Å²) in [6, 6.07) is 5.89. The van der Waals surface area contributed by atoms with Gasteiger partial charge in [0.15, 0.2) is 9.84 Å². The highest BCUT2D eigenvalue weighted by Gasteiger charge is 2.16. The molecule has 0 saturated heterocycles. The Bertz CT molecular complexity index is 506. The highest BCUT2D eigenvalue weighted by atomic mass is 32.2. The molecule has 0 amide bonds. The van der Waals surface area contributed by atoms with E-state index in [4.69, 9.17) is 10.5 Å². The minimum atomic E-state index is -3.13. The predicted molar refractivity (Wildman–Crippen MR) is 82.5 cm³/mol. The maximum atomic E-state index is 12.2. The van der Waals surface area contributed by atoms with Gasteiger partial charge >= 0.3 is 0 Å². The molecule has 1 rings (SSSR count). The molecule has 2 N–H and O–H groups in total. The third-order valence-corrected chi connectivity index (χ3v) is 4.72. The van der Waals surface area contributed by atoms with Gasteiger partial charge in [-0.15, -0.1) is 0 Å². The Kier molecular flexibility index (Phi) is 6.65. The van der Waals surface area contributed by atoms with Gasteiger partial charge in [-0.25, -0.2) is 8.42 Å². The van der Waals surface area contributed by atoms with Crippen molar-refractivity contribution in [3.05, 3.63) is 34.9 Å². The second-order valence-corrected chi connectivity index (χ2v) is 7.37. The fourth-order valence-electron chi connectivity index (χ4n) is 2.29. The minimum Gasteiger partial charge on any atom is -0.377 e. The van der Waals surface area contributed by atoms with Gasteiger partial charge in [0.25, 0.3) is 0 Å². The Morgan fingerprint density at radius 1 is 1.20 bits per heavy atom. The molecule has 1 aromatic rings. The predicted octanol–water partition coefficient (Wildman–Crippen LogP) is 1.97. The van der Waals surface area contributed by atoms with E-state index in [1.54, 1.807) is 0 Å². The van der Waals surface area contributed by atoms with Crippen LogP contribution in [0.5, 0.6) is 0 Å². The van der Waals surface area contributed by atoms with Gasteiger partial charge in [0.2, 0.25) is 0 Å². The standard InChI is InChI=1S/C15H25NO3S/c1-4-19-15(10-16)5-6-20(17,18)11-14-8-12(2)7-13(3)9-14/h7-9,15H,4-6,10-11,16H2,1-3H3. The minimum absolute atomic E-state index is 0.0823. The Labute approximate surface area is 122 Å². The molecule has 0 aliphatic rings. The van der Waals surface area contributed by atoms with E-state index in [0.717, 1.165) is 16.7 Å². The van der Waals surface area contributed by atoms with Crippen LogP contribution in [0, 0.1) is 13.8 Å². The summed E-state index contributed by atoms with van der Waals surface area (Å²) < 4.78 is 29.7. The zero-order valence-electron chi connectivity index (χ0n) is 12.6. The van der Waals surface area contributed by atoms with Gasteiger partial charge < -0.3 is 10.5 Å². The number of ether oxygens (including phenoxy) is 1. The van der Waals surface area contributed by atoms with Crippen molar-refractivity contribution in [3.63, 3.8) is 0 Å². The van der Waals surface area contributed by atoms with Crippen LogP contribution in [-0.2, 0) is 20.3 Å². The summed E-state index contributed by atoms with van der Waals surface area (Å²) in [6.45, 7) is 6.74. The van der Waals surface area contributed by atoms with Gasteiger partial charge in [0, 0.05) is 13.2 Å². The van der Waals surface area contributed by atoms with Crippen LogP contribution in [0.25, 0.3) is 0 Å². The molecule has 5 heteroatoms. The Balaban J connectivity index is 2.65. The Morgan fingerprint density at radius 3 is 2.30 bits per heavy atom. The molecule has 1 atom stereocenters. The van der Waals surface area contributed by atoms with E-state index in [2.05, 4.69) is 0 Å². The SMILES string of the molecule is CCOC(CN)CCS(=O)(=O)Cc1cc(C)cc(C)c1. The fourth-order valence-corrected chi connectivity index (χ4v) is 3.74. The van der Waals surface area contributed by atoms with Crippen molar-refractivity contribution in [1.29, 1.82) is 0 Å². The lowest BCUT2D eigenvalue weighted by Gasteiger charge is -2.14. The first-order valence-electron chi connectivity index (χ1n) is 6.95. The van der Waals surface area contributed by atoms with E-state index < -0.39 is 9.84 Å². The molecule has 1 unspecified atom stereocenters. The second-order valence-electron chi connectivity index (χ2n) is 5.19. The van der Waals surface area contributed by atoms with E-state index in [0.29, 0.717) is 19.6 Å². The van der Waals surface area contributed by atoms with Crippen LogP contribution >= 0.6 is 0 Å². The number of nitrogens with two attached hydrogens (primary N) is 1. The highest BCUT2D eigenvalue weighted by Crippen LogP contribution is 2.13. The van der Waals surface area contributed by atoms with Crippen molar-refractivity contribution in [3.8, 4) is 0 Å². The smallest absolute Gasteiger partial charge is 0.154 e. The van der Waals surface area contributed by atoms with Crippen LogP contribution in [0.2, 0.25) is 0 Å². The van der Waals surface area contributed by atoms with Crippen LogP contribution in [-0.4, -0.2) is 33.4 Å². The first-order valence-corrected chi connectivity index (χ1v) is 8.77. The number of aryl methyl sites for hydroxylation is 2. The number of sulfone groups is 1. The van der Waals surface area contributed by atoms with Gasteiger partial charge in [-0.3, -0.25) is 0 Å². The average Bonchev–Trinajstić information content (AvgIpc) is 2.32. The quantitative estimate of drug-likeness (QED) is 0.797. The molecule has 0 heterocycles. The van der Waals surface area contributed by atoms with E-state index in [1.807, 2.05) is 39.0 Å². The largest absolute Gasteiger partial charge is 0.377 e. The number of rotatable bonds is 8. The maximum Gasteiger partial charge on any atom is 0.154 e. The van der Waals surface area contributed by atoms with Crippen LogP contribution in [0.1, 0.15) is 30.0 Å². The molecule has 0 radical (unpaired) electrons. The van der Waals surface area contributed by atoms with Crippen molar-refractivity contribution in [2.75, 3.05) is 18.9 Å². The van der Waals surface area contributed by atoms with Gasteiger partial charge in [0.1, 0.15) is 0 Å². The molecule has 20 heavy (non-hydrogen) atoms. The molecule has 0 aromatic heterocycles. The highest BCUT2D eigenvalue weighted by molar-refractivity contribution is 7.90. The lowest BCUT2D eigenvalue weighted by atomic mass is 10.1. The van der Waals surface area contributed by atoms with Gasteiger partial charge in [-0.2, -0.15) is 0 Å². The molecule has 0 fully saturated rings. The summed E-state index contributed by atoms with van der Waals surface area (Å²) in [5.41, 5.74) is 8.59. The second kappa shape index (κ2) is 7.76. The van der Waals surface area contributed by atoms with Crippen molar-refractivity contribution in [2.24, 2.45) is 5.73 Å². The maximum absolute atomic E-state index is 12.2. The Morgan fingerprint density at radius 2 is 1.80 bits per heavy atom. The van der Waals surface area contributed by atoms with Crippen LogP contribution in [0.4, 0.5) is 0 Å². The average molecular weight is 299 g/mol. The molecule has 4 nitrogen and oxygen atoms in total. The molecule has 0 bridgehead atoms. The topological polar surface area (TPSA) is 69.4 Å². The molecule has 0 aliphatic carbocycles. The first kappa shape index (κ1) is 17.1. The monoisotopic (exact) mass is 299 g/mol. The molecular weight excluding hydrogens is 274 g/mol. The van der Waals surface area contributed by atoms with E-state index in [1.165, 1.54) is 0 Å². The number of benzene rings is 1. The van der Waals surface area contributed by atoms with Crippen LogP contribution in [0.15, 0.2) is 18.2 Å². The van der Waals surface area contributed by atoms with Crippen molar-refractivity contribution in [1.82, 2.24) is 0 Å². The zero-order chi connectivity index (χ0) is 15.2. The fraction of sp³-hybridized carbons (Fsp3) is 0.600. The number of hydrogen-bond donors (Lipinski definition) is 1. The first-order chi connectivity index (χ1) is 9.36. The van der Waals surface area contributed by atoms with Gasteiger partial charge in [-0.1, -0.05) is 29.3 Å². The number of hydrogen-bond acceptors (Lipinski definition) is 4. The van der Waals surface area contributed by atoms with Gasteiger partial charge in [0.05, 0.1) is 17.6 Å². The molecule has 0 spiro atoms. The van der Waals surface area contributed by atoms with Crippen LogP contribution in [0.3, 0.4) is 0 Å². The summed E-state index contributed by atoms with van der Waals surface area (Å²) in [4.78, 5) is 0. The normalized spacial score (nSPS) is 13.4. The van der Waals surface area contributed by atoms with E-state index >= 15 is 0 Å². The van der Waals surface area contributed by atoms with Crippen LogP contribution < -0.4 is 5.73 Å². The summed E-state index contributed by atoms with van der Waals surface area (Å²) in [7, 11) is -3.13. The van der Waals surface area contributed by atoms with Gasteiger partial charge in [-0.05, 0) is 32.8 Å². The molecule has 0 saturated carbocycles. The van der Waals surface area contributed by atoms with Crippen molar-refractivity contribution >= 4 is 9.84 Å². The molecular formula is C15H25NO3S. The lowest BCUT2D eigenvalue weighted by molar-refractivity contribution is 0.0671. The molecule has 0 aliphatic heterocycles. The third-order valence-electron chi connectivity index (χ3n) is 3.08. The molecule has 114 valence electrons. The summed E-state index contributed by atoms with van der Waals surface area (Å²) in [5, 5.41) is 0. The summed E-state index contributed by atoms with van der Waals surface area (Å²) in [6.07, 6.45) is 0.284. The molecule has 1 aromatic carbocycles. The third kappa shape index (κ3) is 6.03. The zero-order valence-corrected chi connectivity index (χ0v) is 13.4. The summed E-state index contributed by atoms with van der Waals surface area (Å²) in [5.74, 6) is 0.195. The van der Waals surface area contributed by atoms with Crippen molar-refractivity contribution in [2.45, 2.75) is 39.0 Å². The van der Waals surface area contributed by atoms with E-state index in [-0.39, 0.29) is 17.6 Å². The Hall–Kier alpha value is -0.910. The lowest BCUT2D eigenvalue weighted by Crippen LogP contribution is -2.27.